The topological polar surface area (TPSA) is 38.3 Å². The number of esters is 1. The lowest BCUT2D eigenvalue weighted by Gasteiger charge is -2.12. The summed E-state index contributed by atoms with van der Waals surface area (Å²) in [6, 6.07) is 4.71. The average Bonchev–Trinajstić information content (AvgIpc) is 2.64. The molecule has 0 saturated heterocycles. The number of aryl methyl sites for hydroxylation is 1. The van der Waals surface area contributed by atoms with Crippen LogP contribution in [0.15, 0.2) is 12.1 Å². The fraction of sp³-hybridized carbons (Fsp3) is 0.615. The average molecular weight is 255 g/mol. The molecule has 1 aromatic heterocycles. The van der Waals surface area contributed by atoms with Crippen molar-refractivity contribution < 1.29 is 9.53 Å². The van der Waals surface area contributed by atoms with E-state index >= 15 is 0 Å². The highest BCUT2D eigenvalue weighted by molar-refractivity contribution is 7.11. The SMILES string of the molecule is CCOC(=O)CCNC(C)Cc1ccc(C)s1. The molecule has 0 aromatic carbocycles. The van der Waals surface area contributed by atoms with Crippen LogP contribution in [0.5, 0.6) is 0 Å². The van der Waals surface area contributed by atoms with Gasteiger partial charge in [-0.15, -0.1) is 11.3 Å². The molecule has 3 nitrogen and oxygen atoms in total. The molecule has 1 rings (SSSR count). The summed E-state index contributed by atoms with van der Waals surface area (Å²) in [5.41, 5.74) is 0. The summed E-state index contributed by atoms with van der Waals surface area (Å²) in [4.78, 5) is 13.9. The van der Waals surface area contributed by atoms with E-state index in [1.165, 1.54) is 9.75 Å². The Morgan fingerprint density at radius 2 is 2.29 bits per heavy atom. The standard InChI is InChI=1S/C13H21NO2S/c1-4-16-13(15)7-8-14-10(2)9-12-6-5-11(3)17-12/h5-6,10,14H,4,7-9H2,1-3H3. The largest absolute Gasteiger partial charge is 0.466 e. The highest BCUT2D eigenvalue weighted by Crippen LogP contribution is 2.16. The number of hydrogen-bond acceptors (Lipinski definition) is 4. The zero-order valence-corrected chi connectivity index (χ0v) is 11.6. The predicted molar refractivity (Wildman–Crippen MR) is 71.5 cm³/mol. The first-order valence-electron chi connectivity index (χ1n) is 6.06. The number of hydrogen-bond donors (Lipinski definition) is 1. The van der Waals surface area contributed by atoms with Crippen LogP contribution in [0.2, 0.25) is 0 Å². The maximum Gasteiger partial charge on any atom is 0.307 e. The minimum atomic E-state index is -0.126. The molecule has 0 fully saturated rings. The quantitative estimate of drug-likeness (QED) is 0.761. The normalized spacial score (nSPS) is 12.4. The van der Waals surface area contributed by atoms with Crippen molar-refractivity contribution in [2.45, 2.75) is 39.7 Å². The molecule has 17 heavy (non-hydrogen) atoms. The zero-order valence-electron chi connectivity index (χ0n) is 10.8. The molecule has 0 aliphatic rings. The van der Waals surface area contributed by atoms with Gasteiger partial charge in [-0.25, -0.2) is 0 Å². The van der Waals surface area contributed by atoms with Crippen molar-refractivity contribution >= 4 is 17.3 Å². The molecule has 1 unspecified atom stereocenters. The summed E-state index contributed by atoms with van der Waals surface area (Å²) in [5, 5.41) is 3.34. The Kier molecular flexibility index (Phi) is 6.22. The first-order chi connectivity index (χ1) is 8.11. The molecule has 1 N–H and O–H groups in total. The van der Waals surface area contributed by atoms with Crippen molar-refractivity contribution in [3.8, 4) is 0 Å². The lowest BCUT2D eigenvalue weighted by atomic mass is 10.2. The molecule has 1 heterocycles. The van der Waals surface area contributed by atoms with Gasteiger partial charge in [0, 0.05) is 22.3 Å². The second kappa shape index (κ2) is 7.45. The van der Waals surface area contributed by atoms with E-state index in [2.05, 4.69) is 31.3 Å². The monoisotopic (exact) mass is 255 g/mol. The van der Waals surface area contributed by atoms with Gasteiger partial charge in [-0.1, -0.05) is 0 Å². The van der Waals surface area contributed by atoms with E-state index in [1.807, 2.05) is 18.3 Å². The first kappa shape index (κ1) is 14.2. The smallest absolute Gasteiger partial charge is 0.307 e. The van der Waals surface area contributed by atoms with Crippen LogP contribution in [0.1, 0.15) is 30.0 Å². The fourth-order valence-corrected chi connectivity index (χ4v) is 2.64. The van der Waals surface area contributed by atoms with Gasteiger partial charge in [0.05, 0.1) is 13.0 Å². The van der Waals surface area contributed by atoms with Crippen molar-refractivity contribution in [3.63, 3.8) is 0 Å². The Morgan fingerprint density at radius 1 is 1.53 bits per heavy atom. The van der Waals surface area contributed by atoms with Crippen molar-refractivity contribution in [2.75, 3.05) is 13.2 Å². The molecule has 0 bridgehead atoms. The van der Waals surface area contributed by atoms with E-state index in [0.717, 1.165) is 6.42 Å². The van der Waals surface area contributed by atoms with Crippen LogP contribution in [0.25, 0.3) is 0 Å². The molecular formula is C13H21NO2S. The van der Waals surface area contributed by atoms with E-state index in [0.29, 0.717) is 25.6 Å². The minimum Gasteiger partial charge on any atom is -0.466 e. The Balaban J connectivity index is 2.17. The molecule has 4 heteroatoms. The summed E-state index contributed by atoms with van der Waals surface area (Å²) in [5.74, 6) is -0.126. The van der Waals surface area contributed by atoms with Gasteiger partial charge in [0.1, 0.15) is 0 Å². The van der Waals surface area contributed by atoms with Gasteiger partial charge in [0.15, 0.2) is 0 Å². The van der Waals surface area contributed by atoms with Gasteiger partial charge >= 0.3 is 5.97 Å². The van der Waals surface area contributed by atoms with E-state index in [9.17, 15) is 4.79 Å². The van der Waals surface area contributed by atoms with Gasteiger partial charge in [0.25, 0.3) is 0 Å². The van der Waals surface area contributed by atoms with Crippen LogP contribution in [-0.2, 0) is 16.0 Å². The fourth-order valence-electron chi connectivity index (χ4n) is 1.62. The van der Waals surface area contributed by atoms with Gasteiger partial charge in [-0.05, 0) is 39.3 Å². The van der Waals surface area contributed by atoms with E-state index in [-0.39, 0.29) is 5.97 Å². The second-order valence-electron chi connectivity index (χ2n) is 4.13. The molecule has 0 aliphatic carbocycles. The second-order valence-corrected chi connectivity index (χ2v) is 5.50. The van der Waals surface area contributed by atoms with Crippen molar-refractivity contribution in [2.24, 2.45) is 0 Å². The maximum absolute atomic E-state index is 11.1. The Hall–Kier alpha value is -0.870. The highest BCUT2D eigenvalue weighted by Gasteiger charge is 2.06. The summed E-state index contributed by atoms with van der Waals surface area (Å²) < 4.78 is 4.87. The lowest BCUT2D eigenvalue weighted by molar-refractivity contribution is -0.142. The Morgan fingerprint density at radius 3 is 2.88 bits per heavy atom. The summed E-state index contributed by atoms with van der Waals surface area (Å²) in [6.07, 6.45) is 1.46. The van der Waals surface area contributed by atoms with Crippen LogP contribution < -0.4 is 5.32 Å². The lowest BCUT2D eigenvalue weighted by Crippen LogP contribution is -2.30. The van der Waals surface area contributed by atoms with Crippen molar-refractivity contribution in [3.05, 3.63) is 21.9 Å². The minimum absolute atomic E-state index is 0.126. The number of ether oxygens (including phenoxy) is 1. The summed E-state index contributed by atoms with van der Waals surface area (Å²) >= 11 is 1.83. The van der Waals surface area contributed by atoms with Gasteiger partial charge in [-0.2, -0.15) is 0 Å². The van der Waals surface area contributed by atoms with Crippen LogP contribution in [0.3, 0.4) is 0 Å². The maximum atomic E-state index is 11.1. The van der Waals surface area contributed by atoms with Crippen LogP contribution >= 0.6 is 11.3 Å². The zero-order chi connectivity index (χ0) is 12.7. The third-order valence-corrected chi connectivity index (χ3v) is 3.45. The van der Waals surface area contributed by atoms with E-state index < -0.39 is 0 Å². The predicted octanol–water partition coefficient (Wildman–Crippen LogP) is 2.53. The first-order valence-corrected chi connectivity index (χ1v) is 6.87. The molecule has 0 radical (unpaired) electrons. The number of rotatable bonds is 7. The third kappa shape index (κ3) is 5.84. The number of thiophene rings is 1. The Labute approximate surface area is 107 Å². The number of carbonyl (C=O) groups is 1. The summed E-state index contributed by atoms with van der Waals surface area (Å²) in [6.45, 7) is 7.23. The molecule has 1 atom stereocenters. The molecule has 1 aromatic rings. The highest BCUT2D eigenvalue weighted by atomic mass is 32.1. The third-order valence-electron chi connectivity index (χ3n) is 2.43. The summed E-state index contributed by atoms with van der Waals surface area (Å²) in [7, 11) is 0. The van der Waals surface area contributed by atoms with Crippen LogP contribution in [0.4, 0.5) is 0 Å². The van der Waals surface area contributed by atoms with Gasteiger partial charge < -0.3 is 10.1 Å². The molecule has 0 amide bonds. The molecule has 96 valence electrons. The van der Waals surface area contributed by atoms with Crippen molar-refractivity contribution in [1.82, 2.24) is 5.32 Å². The van der Waals surface area contributed by atoms with E-state index in [1.54, 1.807) is 0 Å². The van der Waals surface area contributed by atoms with Crippen LogP contribution in [0, 0.1) is 6.92 Å². The van der Waals surface area contributed by atoms with Crippen LogP contribution in [-0.4, -0.2) is 25.2 Å². The van der Waals surface area contributed by atoms with Crippen molar-refractivity contribution in [1.29, 1.82) is 0 Å². The van der Waals surface area contributed by atoms with Gasteiger partial charge in [-0.3, -0.25) is 4.79 Å². The van der Waals surface area contributed by atoms with Gasteiger partial charge in [0.2, 0.25) is 0 Å². The van der Waals surface area contributed by atoms with E-state index in [4.69, 9.17) is 4.74 Å². The molecular weight excluding hydrogens is 234 g/mol. The molecule has 0 spiro atoms. The number of carbonyl (C=O) groups excluding carboxylic acids is 1. The number of nitrogens with one attached hydrogen (secondary N) is 1. The molecule has 0 aliphatic heterocycles. The Bertz CT molecular complexity index is 349. The molecule has 0 saturated carbocycles.